The van der Waals surface area contributed by atoms with E-state index >= 15 is 0 Å². The monoisotopic (exact) mass is 138 g/mol. The smallest absolute Gasteiger partial charge is 1.00 e. The minimum absolute atomic E-state index is 0. The molecule has 0 rings (SSSR count). The van der Waals surface area contributed by atoms with E-state index in [1.54, 1.807) is 0 Å². The van der Waals surface area contributed by atoms with E-state index < -0.39 is 0 Å². The maximum absolute atomic E-state index is 2.25. The van der Waals surface area contributed by atoms with Gasteiger partial charge in [-0.1, -0.05) is 26.0 Å². The van der Waals surface area contributed by atoms with E-state index in [9.17, 15) is 0 Å². The Morgan fingerprint density at radius 2 is 2.00 bits per heavy atom. The Kier molecular flexibility index (Phi) is 11.5. The van der Waals surface area contributed by atoms with Crippen LogP contribution in [0, 0.1) is 5.92 Å². The van der Waals surface area contributed by atoms with Gasteiger partial charge in [-0.05, 0) is 25.7 Å². The topological polar surface area (TPSA) is 0 Å². The first-order valence-corrected chi connectivity index (χ1v) is 3.38. The van der Waals surface area contributed by atoms with Gasteiger partial charge in [0.1, 0.15) is 0 Å². The van der Waals surface area contributed by atoms with Crippen LogP contribution in [0.25, 0.3) is 0 Å². The summed E-state index contributed by atoms with van der Waals surface area (Å²) in [4.78, 5) is 0. The van der Waals surface area contributed by atoms with E-state index in [0.717, 1.165) is 5.92 Å². The zero-order chi connectivity index (χ0) is 6.41. The molecule has 0 aliphatic carbocycles. The van der Waals surface area contributed by atoms with Crippen LogP contribution in [-0.4, -0.2) is 23.1 Å². The van der Waals surface area contributed by atoms with Crippen LogP contribution >= 0.6 is 0 Å². The molecule has 0 aliphatic rings. The average Bonchev–Trinajstić information content (AvgIpc) is 1.66. The molecule has 0 aliphatic heterocycles. The average molecular weight is 139 g/mol. The fourth-order valence-corrected chi connectivity index (χ4v) is 0.596. The van der Waals surface area contributed by atoms with Gasteiger partial charge in [-0.2, -0.15) is 0 Å². The molecule has 0 aromatic heterocycles. The third-order valence-electron chi connectivity index (χ3n) is 1.15. The van der Waals surface area contributed by atoms with E-state index in [0.29, 0.717) is 0 Å². The largest absolute Gasteiger partial charge is 2.00 e. The van der Waals surface area contributed by atoms with Gasteiger partial charge in [-0.25, -0.2) is 0 Å². The van der Waals surface area contributed by atoms with Crippen molar-refractivity contribution in [2.45, 2.75) is 33.6 Å². The van der Waals surface area contributed by atoms with Crippen LogP contribution in [0.3, 0.4) is 0 Å². The van der Waals surface area contributed by atoms with E-state index in [2.05, 4.69) is 32.9 Å². The van der Waals surface area contributed by atoms with Crippen LogP contribution in [-0.2, 0) is 0 Å². The number of hydrogen-bond donors (Lipinski definition) is 0. The molecule has 0 atom stereocenters. The molecule has 52 valence electrons. The predicted molar refractivity (Wildman–Crippen MR) is 46.9 cm³/mol. The Labute approximate surface area is 77.8 Å². The van der Waals surface area contributed by atoms with Gasteiger partial charge in [0, 0.05) is 0 Å². The normalized spacial score (nSPS) is 10.2. The minimum atomic E-state index is 0. The summed E-state index contributed by atoms with van der Waals surface area (Å²) in [6, 6.07) is 0. The van der Waals surface area contributed by atoms with Crippen molar-refractivity contribution in [1.82, 2.24) is 0 Å². The second-order valence-electron chi connectivity index (χ2n) is 2.54. The molecule has 0 spiro atoms. The molecule has 0 bridgehead atoms. The fraction of sp³-hybridized carbons (Fsp3) is 0.750. The Morgan fingerprint density at radius 3 is 2.33 bits per heavy atom. The summed E-state index contributed by atoms with van der Waals surface area (Å²) < 4.78 is 0. The van der Waals surface area contributed by atoms with Crippen molar-refractivity contribution in [3.05, 3.63) is 12.2 Å². The van der Waals surface area contributed by atoms with E-state index in [4.69, 9.17) is 0 Å². The first-order chi connectivity index (χ1) is 3.77. The van der Waals surface area contributed by atoms with Crippen LogP contribution in [0.5, 0.6) is 0 Å². The van der Waals surface area contributed by atoms with Crippen molar-refractivity contribution in [3.8, 4) is 0 Å². The Balaban J connectivity index is -0.0000000817. The van der Waals surface area contributed by atoms with Crippen molar-refractivity contribution in [1.29, 1.82) is 0 Å². The summed E-state index contributed by atoms with van der Waals surface area (Å²) >= 11 is 0. The molecule has 9 heavy (non-hydrogen) atoms. The van der Waals surface area contributed by atoms with Gasteiger partial charge in [0.05, 0.1) is 0 Å². The maximum atomic E-state index is 2.25. The first-order valence-electron chi connectivity index (χ1n) is 3.38. The molecule has 0 amide bonds. The molecular weight excluding hydrogens is 120 g/mol. The molecule has 0 unspecified atom stereocenters. The molecule has 0 N–H and O–H groups in total. The first kappa shape index (κ1) is 12.2. The SMILES string of the molecule is C/C=C/CCC(C)C.[H-].[H-].[Mg+2]. The Morgan fingerprint density at radius 1 is 1.44 bits per heavy atom. The quantitative estimate of drug-likeness (QED) is 0.416. The standard InChI is InChI=1S/C8H16.Mg.2H/c1-4-5-6-7-8(2)3;;;/h4-5,8H,6-7H2,1-3H3;;;/q;+2;2*-1/b5-4+;;;. The van der Waals surface area contributed by atoms with Crippen LogP contribution in [0.2, 0.25) is 0 Å². The van der Waals surface area contributed by atoms with Gasteiger partial charge < -0.3 is 2.85 Å². The third-order valence-corrected chi connectivity index (χ3v) is 1.15. The maximum Gasteiger partial charge on any atom is 2.00 e. The molecule has 1 heteroatoms. The van der Waals surface area contributed by atoms with Gasteiger partial charge in [0.2, 0.25) is 0 Å². The van der Waals surface area contributed by atoms with Crippen molar-refractivity contribution in [3.63, 3.8) is 0 Å². The summed E-state index contributed by atoms with van der Waals surface area (Å²) in [5.41, 5.74) is 0. The Hall–Kier alpha value is 0.506. The summed E-state index contributed by atoms with van der Waals surface area (Å²) in [5.74, 6) is 0.853. The molecule has 0 radical (unpaired) electrons. The predicted octanol–water partition coefficient (Wildman–Crippen LogP) is 2.84. The second-order valence-corrected chi connectivity index (χ2v) is 2.54. The van der Waals surface area contributed by atoms with E-state index in [1.165, 1.54) is 12.8 Å². The Bertz CT molecular complexity index is 72.5. The van der Waals surface area contributed by atoms with Gasteiger partial charge >= 0.3 is 23.1 Å². The summed E-state index contributed by atoms with van der Waals surface area (Å²) in [5, 5.41) is 0. The number of allylic oxidation sites excluding steroid dienone is 2. The second kappa shape index (κ2) is 8.51. The van der Waals surface area contributed by atoms with Gasteiger partial charge in [-0.3, -0.25) is 0 Å². The van der Waals surface area contributed by atoms with Crippen LogP contribution in [0.15, 0.2) is 12.2 Å². The number of hydrogen-bond acceptors (Lipinski definition) is 0. The molecule has 0 nitrogen and oxygen atoms in total. The van der Waals surface area contributed by atoms with Crippen LogP contribution in [0.1, 0.15) is 36.5 Å². The van der Waals surface area contributed by atoms with Gasteiger partial charge in [0.15, 0.2) is 0 Å². The number of rotatable bonds is 3. The molecular formula is C8H18Mg. The molecule has 0 saturated carbocycles. The fourth-order valence-electron chi connectivity index (χ4n) is 0.596. The van der Waals surface area contributed by atoms with Gasteiger partial charge in [-0.15, -0.1) is 0 Å². The van der Waals surface area contributed by atoms with Gasteiger partial charge in [0.25, 0.3) is 0 Å². The zero-order valence-corrected chi connectivity index (χ0v) is 8.27. The molecule has 0 heterocycles. The molecule has 0 fully saturated rings. The zero-order valence-electron chi connectivity index (χ0n) is 8.85. The van der Waals surface area contributed by atoms with Crippen molar-refractivity contribution in [2.75, 3.05) is 0 Å². The third kappa shape index (κ3) is 11.9. The van der Waals surface area contributed by atoms with Crippen molar-refractivity contribution in [2.24, 2.45) is 5.92 Å². The van der Waals surface area contributed by atoms with Crippen molar-refractivity contribution >= 4 is 23.1 Å². The molecule has 0 saturated heterocycles. The van der Waals surface area contributed by atoms with E-state index in [-0.39, 0.29) is 25.9 Å². The minimum Gasteiger partial charge on any atom is -1.00 e. The summed E-state index contributed by atoms with van der Waals surface area (Å²) in [6.07, 6.45) is 6.90. The van der Waals surface area contributed by atoms with Crippen LogP contribution < -0.4 is 0 Å². The summed E-state index contributed by atoms with van der Waals surface area (Å²) in [7, 11) is 0. The summed E-state index contributed by atoms with van der Waals surface area (Å²) in [6.45, 7) is 6.58. The van der Waals surface area contributed by atoms with E-state index in [1.807, 2.05) is 0 Å². The van der Waals surface area contributed by atoms with Crippen LogP contribution in [0.4, 0.5) is 0 Å². The molecule has 0 aromatic carbocycles. The van der Waals surface area contributed by atoms with Crippen molar-refractivity contribution < 1.29 is 2.85 Å². The molecule has 0 aromatic rings.